The van der Waals surface area contributed by atoms with Crippen LogP contribution in [0.25, 0.3) is 21.3 Å². The molecule has 0 saturated carbocycles. The zero-order valence-electron chi connectivity index (χ0n) is 16.7. The lowest BCUT2D eigenvalue weighted by molar-refractivity contribution is -0.137. The van der Waals surface area contributed by atoms with Gasteiger partial charge in [-0.25, -0.2) is 0 Å². The van der Waals surface area contributed by atoms with Crippen molar-refractivity contribution < 1.29 is 14.4 Å². The second kappa shape index (κ2) is 8.53. The third kappa shape index (κ3) is 4.10. The summed E-state index contributed by atoms with van der Waals surface area (Å²) in [5, 5.41) is 9.94. The third-order valence-corrected chi connectivity index (χ3v) is 6.03. The molecule has 0 radical (unpaired) electrons. The van der Waals surface area contributed by atoms with E-state index in [1.807, 2.05) is 60.0 Å². The number of rotatable bonds is 7. The van der Waals surface area contributed by atoms with Gasteiger partial charge in [-0.3, -0.25) is 19.1 Å². The van der Waals surface area contributed by atoms with Gasteiger partial charge in [0, 0.05) is 34.5 Å². The van der Waals surface area contributed by atoms with Crippen molar-refractivity contribution in [3.05, 3.63) is 77.3 Å². The van der Waals surface area contributed by atoms with Gasteiger partial charge in [-0.2, -0.15) is 5.10 Å². The Kier molecular flexibility index (Phi) is 5.64. The minimum Gasteiger partial charge on any atom is -0.363 e. The number of fused-ring (bicyclic) bond motifs is 1. The Morgan fingerprint density at radius 2 is 1.81 bits per heavy atom. The number of aromatic nitrogens is 2. The molecular formula is C23H20N4O3S. The molecule has 31 heavy (non-hydrogen) atoms. The Hall–Kier alpha value is -3.78. The topological polar surface area (TPSA) is 107 Å². The summed E-state index contributed by atoms with van der Waals surface area (Å²) in [4.78, 5) is 37.1. The molecule has 7 nitrogen and oxygen atoms in total. The van der Waals surface area contributed by atoms with Crippen LogP contribution >= 0.6 is 11.3 Å². The molecule has 2 amide bonds. The smallest absolute Gasteiger partial charge is 0.287 e. The van der Waals surface area contributed by atoms with Crippen LogP contribution in [0.15, 0.2) is 66.2 Å². The number of benzene rings is 2. The fraction of sp³-hybridized carbons (Fsp3) is 0.130. The number of thiophene rings is 1. The quantitative estimate of drug-likeness (QED) is 0.438. The van der Waals surface area contributed by atoms with Crippen molar-refractivity contribution in [3.63, 3.8) is 0 Å². The molecule has 2 aromatic carbocycles. The largest absolute Gasteiger partial charge is 0.363 e. The number of aryl methyl sites for hydroxylation is 1. The van der Waals surface area contributed by atoms with Crippen LogP contribution < -0.4 is 11.1 Å². The highest BCUT2D eigenvalue weighted by molar-refractivity contribution is 7.17. The van der Waals surface area contributed by atoms with Gasteiger partial charge in [-0.15, -0.1) is 11.3 Å². The molecule has 0 aliphatic heterocycles. The van der Waals surface area contributed by atoms with Crippen molar-refractivity contribution in [2.45, 2.75) is 12.5 Å². The normalized spacial score (nSPS) is 11.9. The van der Waals surface area contributed by atoms with Gasteiger partial charge in [0.1, 0.15) is 6.04 Å². The van der Waals surface area contributed by atoms with E-state index in [0.717, 1.165) is 21.2 Å². The van der Waals surface area contributed by atoms with E-state index in [0.29, 0.717) is 11.3 Å². The Bertz CT molecular complexity index is 1280. The average molecular weight is 433 g/mol. The van der Waals surface area contributed by atoms with Gasteiger partial charge in [-0.05, 0) is 11.6 Å². The monoisotopic (exact) mass is 432 g/mol. The van der Waals surface area contributed by atoms with Gasteiger partial charge in [0.15, 0.2) is 0 Å². The van der Waals surface area contributed by atoms with Gasteiger partial charge >= 0.3 is 0 Å². The highest BCUT2D eigenvalue weighted by Crippen LogP contribution is 2.35. The lowest BCUT2D eigenvalue weighted by Gasteiger charge is -2.16. The second-order valence-electron chi connectivity index (χ2n) is 7.12. The van der Waals surface area contributed by atoms with Crippen molar-refractivity contribution in [2.75, 3.05) is 0 Å². The number of nitrogens with two attached hydrogens (primary N) is 1. The molecule has 0 spiro atoms. The Balaban J connectivity index is 1.67. The minimum atomic E-state index is -1.09. The Labute approximate surface area is 182 Å². The molecule has 4 rings (SSSR count). The van der Waals surface area contributed by atoms with Gasteiger partial charge in [0.05, 0.1) is 17.5 Å². The zero-order valence-corrected chi connectivity index (χ0v) is 17.6. The van der Waals surface area contributed by atoms with Gasteiger partial charge in [-0.1, -0.05) is 48.5 Å². The molecule has 2 heterocycles. The van der Waals surface area contributed by atoms with Crippen LogP contribution in [0.5, 0.6) is 0 Å². The van der Waals surface area contributed by atoms with Gasteiger partial charge < -0.3 is 11.1 Å². The van der Waals surface area contributed by atoms with E-state index >= 15 is 0 Å². The predicted octanol–water partition coefficient (Wildman–Crippen LogP) is 2.70. The fourth-order valence-corrected chi connectivity index (χ4v) is 4.50. The molecule has 4 aromatic rings. The van der Waals surface area contributed by atoms with Crippen LogP contribution in [0.3, 0.4) is 0 Å². The molecular weight excluding hydrogens is 412 g/mol. The molecule has 156 valence electrons. The fourth-order valence-electron chi connectivity index (χ4n) is 3.55. The van der Waals surface area contributed by atoms with Crippen LogP contribution in [0.1, 0.15) is 15.9 Å². The molecule has 0 saturated heterocycles. The molecule has 2 aromatic heterocycles. The number of hydrogen-bond acceptors (Lipinski definition) is 5. The van der Waals surface area contributed by atoms with E-state index in [-0.39, 0.29) is 6.42 Å². The first-order valence-electron chi connectivity index (χ1n) is 9.62. The van der Waals surface area contributed by atoms with E-state index in [2.05, 4.69) is 10.4 Å². The third-order valence-electron chi connectivity index (χ3n) is 5.07. The standard InChI is InChI=1S/C23H20N4O3S/c1-27-20(17-13-31-19-10-6-5-9-15(17)19)16(12-25-27)23(30)26-18(21(28)22(24)29)11-14-7-3-2-4-8-14/h2-10,12-13,18H,11H2,1H3,(H2,24,29)(H,26,30). The zero-order chi connectivity index (χ0) is 22.0. The number of Topliss-reactive ketones (excluding diaryl/α,β-unsaturated/α-hetero) is 1. The van der Waals surface area contributed by atoms with E-state index in [1.54, 1.807) is 23.1 Å². The maximum atomic E-state index is 13.2. The summed E-state index contributed by atoms with van der Waals surface area (Å²) in [7, 11) is 1.76. The number of carbonyl (C=O) groups excluding carboxylic acids is 3. The summed E-state index contributed by atoms with van der Waals surface area (Å²) < 4.78 is 2.72. The van der Waals surface area contributed by atoms with Crippen molar-refractivity contribution >= 4 is 39.0 Å². The number of amides is 2. The number of primary amides is 1. The maximum absolute atomic E-state index is 13.2. The summed E-state index contributed by atoms with van der Waals surface area (Å²) in [5.41, 5.74) is 7.87. The molecule has 8 heteroatoms. The van der Waals surface area contributed by atoms with Crippen molar-refractivity contribution in [1.82, 2.24) is 15.1 Å². The summed E-state index contributed by atoms with van der Waals surface area (Å²) in [6.07, 6.45) is 1.62. The highest BCUT2D eigenvalue weighted by Gasteiger charge is 2.28. The van der Waals surface area contributed by atoms with E-state index in [1.165, 1.54) is 6.20 Å². The molecule has 0 aliphatic rings. The van der Waals surface area contributed by atoms with Gasteiger partial charge in [0.25, 0.3) is 11.8 Å². The van der Waals surface area contributed by atoms with Crippen molar-refractivity contribution in [1.29, 1.82) is 0 Å². The molecule has 3 N–H and O–H groups in total. The lowest BCUT2D eigenvalue weighted by Crippen LogP contribution is -2.47. The van der Waals surface area contributed by atoms with Crippen LogP contribution in [-0.4, -0.2) is 33.4 Å². The Morgan fingerprint density at radius 1 is 1.10 bits per heavy atom. The summed E-state index contributed by atoms with van der Waals surface area (Å²) in [5.74, 6) is -2.42. The van der Waals surface area contributed by atoms with Crippen molar-refractivity contribution in [2.24, 2.45) is 12.8 Å². The lowest BCUT2D eigenvalue weighted by atomic mass is 10.0. The molecule has 1 atom stereocenters. The second-order valence-corrected chi connectivity index (χ2v) is 8.03. The number of ketones is 1. The van der Waals surface area contributed by atoms with Gasteiger partial charge in [0.2, 0.25) is 5.78 Å². The van der Waals surface area contributed by atoms with Crippen LogP contribution in [0.4, 0.5) is 0 Å². The number of nitrogens with zero attached hydrogens (tertiary/aromatic N) is 2. The summed E-state index contributed by atoms with van der Waals surface area (Å²) in [6, 6.07) is 16.0. The first-order valence-corrected chi connectivity index (χ1v) is 10.5. The van der Waals surface area contributed by atoms with Crippen LogP contribution in [-0.2, 0) is 23.1 Å². The number of nitrogens with one attached hydrogen (secondary N) is 1. The SMILES string of the molecule is Cn1ncc(C(=O)NC(Cc2ccccc2)C(=O)C(N)=O)c1-c1csc2ccccc12. The minimum absolute atomic E-state index is 0.158. The number of hydrogen-bond donors (Lipinski definition) is 2. The highest BCUT2D eigenvalue weighted by atomic mass is 32.1. The van der Waals surface area contributed by atoms with Crippen LogP contribution in [0, 0.1) is 0 Å². The van der Waals surface area contributed by atoms with E-state index in [4.69, 9.17) is 5.73 Å². The molecule has 0 aliphatic carbocycles. The van der Waals surface area contributed by atoms with E-state index < -0.39 is 23.6 Å². The summed E-state index contributed by atoms with van der Waals surface area (Å²) >= 11 is 1.58. The summed E-state index contributed by atoms with van der Waals surface area (Å²) in [6.45, 7) is 0. The molecule has 0 fully saturated rings. The average Bonchev–Trinajstić information content (AvgIpc) is 3.36. The van der Waals surface area contributed by atoms with Crippen LogP contribution in [0.2, 0.25) is 0 Å². The first-order chi connectivity index (χ1) is 15.0. The molecule has 1 unspecified atom stereocenters. The number of carbonyl (C=O) groups is 3. The predicted molar refractivity (Wildman–Crippen MR) is 120 cm³/mol. The Morgan fingerprint density at radius 3 is 2.55 bits per heavy atom. The van der Waals surface area contributed by atoms with Crippen molar-refractivity contribution in [3.8, 4) is 11.3 Å². The molecule has 0 bridgehead atoms. The maximum Gasteiger partial charge on any atom is 0.287 e. The van der Waals surface area contributed by atoms with E-state index in [9.17, 15) is 14.4 Å². The first kappa shape index (κ1) is 20.5.